The van der Waals surface area contributed by atoms with Crippen LogP contribution in [0.2, 0.25) is 0 Å². The van der Waals surface area contributed by atoms with Crippen molar-refractivity contribution < 1.29 is 19.1 Å². The molecule has 1 fully saturated rings. The number of thioether (sulfide) groups is 1. The lowest BCUT2D eigenvalue weighted by molar-refractivity contribution is -0.115. The van der Waals surface area contributed by atoms with Crippen molar-refractivity contribution in [2.45, 2.75) is 6.42 Å². The molecule has 11 nitrogen and oxygen atoms in total. The first-order valence-electron chi connectivity index (χ1n) is 9.99. The van der Waals surface area contributed by atoms with Gasteiger partial charge in [0.2, 0.25) is 11.8 Å². The molecule has 3 heterocycles. The zero-order chi connectivity index (χ0) is 23.2. The van der Waals surface area contributed by atoms with Gasteiger partial charge in [-0.15, -0.1) is 0 Å². The molecule has 12 heteroatoms. The largest absolute Gasteiger partial charge is 0.475 e. The van der Waals surface area contributed by atoms with Crippen molar-refractivity contribution in [3.05, 3.63) is 57.1 Å². The maximum atomic E-state index is 12.2. The number of rotatable bonds is 9. The molecule has 0 unspecified atom stereocenters. The Labute approximate surface area is 192 Å². The highest BCUT2D eigenvalue weighted by atomic mass is 32.2. The Balaban J connectivity index is 1.50. The molecule has 2 amide bonds. The molecule has 0 aliphatic carbocycles. The Kier molecular flexibility index (Phi) is 6.95. The molecule has 0 bridgehead atoms. The fraction of sp³-hybridized carbons (Fsp3) is 0.238. The van der Waals surface area contributed by atoms with Crippen LogP contribution in [-0.2, 0) is 16.0 Å². The van der Waals surface area contributed by atoms with E-state index in [0.29, 0.717) is 42.0 Å². The van der Waals surface area contributed by atoms with Gasteiger partial charge in [-0.1, -0.05) is 12.1 Å². The van der Waals surface area contributed by atoms with Crippen molar-refractivity contribution in [1.29, 1.82) is 0 Å². The quantitative estimate of drug-likeness (QED) is 0.313. The fourth-order valence-corrected chi connectivity index (χ4v) is 3.67. The van der Waals surface area contributed by atoms with Crippen molar-refractivity contribution in [3.63, 3.8) is 0 Å². The summed E-state index contributed by atoms with van der Waals surface area (Å²) in [6.07, 6.45) is 1.91. The second kappa shape index (κ2) is 10.2. The van der Waals surface area contributed by atoms with E-state index in [2.05, 4.69) is 30.6 Å². The summed E-state index contributed by atoms with van der Waals surface area (Å²) in [5.74, 6) is 0.586. The number of nitrogens with zero attached hydrogens (tertiary/aromatic N) is 3. The van der Waals surface area contributed by atoms with Gasteiger partial charge in [-0.25, -0.2) is 9.97 Å². The zero-order valence-electron chi connectivity index (χ0n) is 17.6. The van der Waals surface area contributed by atoms with Crippen LogP contribution in [0.3, 0.4) is 0 Å². The number of benzene rings is 1. The summed E-state index contributed by atoms with van der Waals surface area (Å²) in [5, 5.41) is 5.37. The topological polar surface area (TPSA) is 148 Å². The second-order valence-corrected chi connectivity index (χ2v) is 7.87. The van der Waals surface area contributed by atoms with Gasteiger partial charge in [0.25, 0.3) is 16.7 Å². The van der Waals surface area contributed by atoms with Crippen molar-refractivity contribution in [3.8, 4) is 5.88 Å². The minimum Gasteiger partial charge on any atom is -0.475 e. The smallest absolute Gasteiger partial charge is 0.290 e. The standard InChI is InChI=1S/C21H20N6O5S/c1-31-8-9-32-17-11-12(10-15-19(29)27-21(30)33-15)23-20(26-17)22-7-6-16-24-14-5-3-2-4-13(14)18(28)25-16/h2-5,10-11H,6-9H2,1H3,(H,22,23,26)(H,24,25,28)(H,27,29,30)/b15-10+. The van der Waals surface area contributed by atoms with E-state index in [1.54, 1.807) is 31.4 Å². The average molecular weight is 468 g/mol. The van der Waals surface area contributed by atoms with Crippen molar-refractivity contribution in [1.82, 2.24) is 25.3 Å². The van der Waals surface area contributed by atoms with E-state index in [0.717, 1.165) is 11.8 Å². The number of aromatic amines is 1. The summed E-state index contributed by atoms with van der Waals surface area (Å²) in [4.78, 5) is 51.7. The van der Waals surface area contributed by atoms with Crippen LogP contribution in [0.1, 0.15) is 11.5 Å². The molecule has 0 atom stereocenters. The van der Waals surface area contributed by atoms with Crippen LogP contribution in [-0.4, -0.2) is 58.0 Å². The molecule has 33 heavy (non-hydrogen) atoms. The molecule has 4 rings (SSSR count). The minimum atomic E-state index is -0.480. The predicted octanol–water partition coefficient (Wildman–Crippen LogP) is 1.72. The van der Waals surface area contributed by atoms with E-state index in [1.165, 1.54) is 6.08 Å². The monoisotopic (exact) mass is 468 g/mol. The number of amides is 2. The highest BCUT2D eigenvalue weighted by Gasteiger charge is 2.25. The molecular formula is C21H20N6O5S. The predicted molar refractivity (Wildman–Crippen MR) is 123 cm³/mol. The third kappa shape index (κ3) is 5.73. The lowest BCUT2D eigenvalue weighted by Gasteiger charge is -2.10. The number of anilines is 1. The second-order valence-electron chi connectivity index (χ2n) is 6.85. The van der Waals surface area contributed by atoms with Gasteiger partial charge >= 0.3 is 0 Å². The molecule has 170 valence electrons. The molecule has 3 aromatic rings. The molecule has 1 aromatic carbocycles. The first-order valence-corrected chi connectivity index (χ1v) is 10.8. The lowest BCUT2D eigenvalue weighted by Crippen LogP contribution is -2.18. The molecular weight excluding hydrogens is 448 g/mol. The number of carbonyl (C=O) groups is 2. The van der Waals surface area contributed by atoms with Gasteiger partial charge in [-0.05, 0) is 30.0 Å². The van der Waals surface area contributed by atoms with Crippen LogP contribution in [0, 0.1) is 0 Å². The van der Waals surface area contributed by atoms with Crippen LogP contribution in [0.25, 0.3) is 17.0 Å². The first kappa shape index (κ1) is 22.4. The number of hydrogen-bond donors (Lipinski definition) is 3. The van der Waals surface area contributed by atoms with Crippen LogP contribution in [0.5, 0.6) is 5.88 Å². The number of hydrogen-bond acceptors (Lipinski definition) is 10. The van der Waals surface area contributed by atoms with Gasteiger partial charge in [0, 0.05) is 26.1 Å². The van der Waals surface area contributed by atoms with Gasteiger partial charge in [0.1, 0.15) is 12.4 Å². The van der Waals surface area contributed by atoms with E-state index < -0.39 is 11.1 Å². The first-order chi connectivity index (χ1) is 16.0. The SMILES string of the molecule is COCCOc1cc(/C=C2/SC(=O)NC2=O)nc(NCCc2nc3ccccc3c(=O)[nH]2)n1. The third-order valence-electron chi connectivity index (χ3n) is 4.49. The van der Waals surface area contributed by atoms with Crippen LogP contribution >= 0.6 is 11.8 Å². The Bertz CT molecular complexity index is 1290. The van der Waals surface area contributed by atoms with Gasteiger partial charge in [-0.3, -0.25) is 19.7 Å². The summed E-state index contributed by atoms with van der Waals surface area (Å²) in [5.41, 5.74) is 0.817. The Morgan fingerprint density at radius 1 is 1.12 bits per heavy atom. The highest BCUT2D eigenvalue weighted by molar-refractivity contribution is 8.18. The highest BCUT2D eigenvalue weighted by Crippen LogP contribution is 2.26. The molecule has 0 radical (unpaired) electrons. The molecule has 2 aromatic heterocycles. The van der Waals surface area contributed by atoms with E-state index >= 15 is 0 Å². The maximum Gasteiger partial charge on any atom is 0.290 e. The van der Waals surface area contributed by atoms with Gasteiger partial charge < -0.3 is 19.8 Å². The summed E-state index contributed by atoms with van der Waals surface area (Å²) in [7, 11) is 1.56. The zero-order valence-corrected chi connectivity index (χ0v) is 18.4. The third-order valence-corrected chi connectivity index (χ3v) is 5.30. The average Bonchev–Trinajstić information content (AvgIpc) is 3.10. The Hall–Kier alpha value is -3.77. The molecule has 0 spiro atoms. The fourth-order valence-electron chi connectivity index (χ4n) is 3.00. The van der Waals surface area contributed by atoms with Gasteiger partial charge in [0.15, 0.2) is 0 Å². The number of H-pyrrole nitrogens is 1. The van der Waals surface area contributed by atoms with Gasteiger partial charge in [0.05, 0.1) is 28.1 Å². The van der Waals surface area contributed by atoms with E-state index in [9.17, 15) is 14.4 Å². The number of imide groups is 1. The van der Waals surface area contributed by atoms with Crippen LogP contribution in [0.4, 0.5) is 10.7 Å². The number of carbonyl (C=O) groups excluding carboxylic acids is 2. The molecule has 0 saturated carbocycles. The maximum absolute atomic E-state index is 12.2. The number of fused-ring (bicyclic) bond motifs is 1. The van der Waals surface area contributed by atoms with E-state index in [1.807, 2.05) is 6.07 Å². The number of aromatic nitrogens is 4. The number of ether oxygens (including phenoxy) is 2. The molecule has 3 N–H and O–H groups in total. The summed E-state index contributed by atoms with van der Waals surface area (Å²) in [6, 6.07) is 8.68. The number of para-hydroxylation sites is 1. The van der Waals surface area contributed by atoms with Crippen molar-refractivity contribution >= 4 is 45.8 Å². The summed E-state index contributed by atoms with van der Waals surface area (Å²) < 4.78 is 10.6. The molecule has 1 saturated heterocycles. The van der Waals surface area contributed by atoms with Crippen molar-refractivity contribution in [2.75, 3.05) is 32.2 Å². The summed E-state index contributed by atoms with van der Waals surface area (Å²) >= 11 is 0.797. The van der Waals surface area contributed by atoms with Crippen LogP contribution in [0.15, 0.2) is 40.0 Å². The number of methoxy groups -OCH3 is 1. The van der Waals surface area contributed by atoms with Crippen LogP contribution < -0.4 is 20.9 Å². The van der Waals surface area contributed by atoms with E-state index in [-0.39, 0.29) is 28.9 Å². The summed E-state index contributed by atoms with van der Waals surface area (Å²) in [6.45, 7) is 1.03. The Morgan fingerprint density at radius 2 is 1.97 bits per heavy atom. The van der Waals surface area contributed by atoms with E-state index in [4.69, 9.17) is 9.47 Å². The minimum absolute atomic E-state index is 0.198. The van der Waals surface area contributed by atoms with Gasteiger partial charge in [-0.2, -0.15) is 4.98 Å². The normalized spacial score (nSPS) is 14.6. The van der Waals surface area contributed by atoms with Crippen molar-refractivity contribution in [2.24, 2.45) is 0 Å². The molecule has 1 aliphatic heterocycles. The Morgan fingerprint density at radius 3 is 2.76 bits per heavy atom. The number of nitrogens with one attached hydrogen (secondary N) is 3. The molecule has 1 aliphatic rings. The lowest BCUT2D eigenvalue weighted by atomic mass is 10.2.